The molecule has 1 rings (SSSR count). The SMILES string of the molecule is CC(CS(C)(=O)=O)NCc1ccc(Cl)cn1. The van der Waals surface area contributed by atoms with Crippen molar-refractivity contribution in [2.75, 3.05) is 12.0 Å². The Morgan fingerprint density at radius 2 is 2.19 bits per heavy atom. The van der Waals surface area contributed by atoms with Gasteiger partial charge in [-0.3, -0.25) is 4.98 Å². The second kappa shape index (κ2) is 5.61. The third kappa shape index (κ3) is 5.44. The van der Waals surface area contributed by atoms with E-state index in [0.717, 1.165) is 5.69 Å². The number of hydrogen-bond donors (Lipinski definition) is 1. The molecule has 1 unspecified atom stereocenters. The van der Waals surface area contributed by atoms with Crippen LogP contribution < -0.4 is 5.32 Å². The van der Waals surface area contributed by atoms with Crippen molar-refractivity contribution in [3.05, 3.63) is 29.0 Å². The highest BCUT2D eigenvalue weighted by molar-refractivity contribution is 7.90. The Hall–Kier alpha value is -0.650. The summed E-state index contributed by atoms with van der Waals surface area (Å²) in [6, 6.07) is 3.47. The zero-order valence-corrected chi connectivity index (χ0v) is 10.8. The molecule has 90 valence electrons. The maximum absolute atomic E-state index is 11.0. The molecule has 0 saturated carbocycles. The second-order valence-corrected chi connectivity index (χ2v) is 6.46. The highest BCUT2D eigenvalue weighted by Crippen LogP contribution is 2.06. The van der Waals surface area contributed by atoms with E-state index in [1.807, 2.05) is 13.0 Å². The predicted molar refractivity (Wildman–Crippen MR) is 65.3 cm³/mol. The van der Waals surface area contributed by atoms with Crippen LogP contribution in [0.5, 0.6) is 0 Å². The highest BCUT2D eigenvalue weighted by Gasteiger charge is 2.09. The Balaban J connectivity index is 2.43. The predicted octanol–water partition coefficient (Wildman–Crippen LogP) is 1.26. The molecule has 0 saturated heterocycles. The number of rotatable bonds is 5. The largest absolute Gasteiger partial charge is 0.308 e. The third-order valence-corrected chi connectivity index (χ3v) is 3.30. The summed E-state index contributed by atoms with van der Waals surface area (Å²) in [6.45, 7) is 2.37. The van der Waals surface area contributed by atoms with E-state index in [-0.39, 0.29) is 11.8 Å². The van der Waals surface area contributed by atoms with Crippen molar-refractivity contribution >= 4 is 21.4 Å². The van der Waals surface area contributed by atoms with Gasteiger partial charge in [-0.15, -0.1) is 0 Å². The van der Waals surface area contributed by atoms with Crippen LogP contribution in [0.25, 0.3) is 0 Å². The summed E-state index contributed by atoms with van der Waals surface area (Å²) in [7, 11) is -2.94. The Morgan fingerprint density at radius 3 is 2.69 bits per heavy atom. The molecule has 0 spiro atoms. The Bertz CT molecular complexity index is 431. The number of aromatic nitrogens is 1. The molecule has 1 aromatic rings. The first-order chi connectivity index (χ1) is 7.37. The topological polar surface area (TPSA) is 59.1 Å². The minimum Gasteiger partial charge on any atom is -0.308 e. The van der Waals surface area contributed by atoms with E-state index in [1.54, 1.807) is 12.3 Å². The molecule has 0 aliphatic carbocycles. The normalized spacial score (nSPS) is 13.7. The lowest BCUT2D eigenvalue weighted by atomic mass is 10.3. The van der Waals surface area contributed by atoms with Gasteiger partial charge < -0.3 is 5.32 Å². The minimum atomic E-state index is -2.94. The lowest BCUT2D eigenvalue weighted by Crippen LogP contribution is -2.32. The number of hydrogen-bond acceptors (Lipinski definition) is 4. The van der Waals surface area contributed by atoms with Gasteiger partial charge in [0.05, 0.1) is 16.5 Å². The van der Waals surface area contributed by atoms with Crippen LogP contribution >= 0.6 is 11.6 Å². The van der Waals surface area contributed by atoms with Gasteiger partial charge in [0.1, 0.15) is 9.84 Å². The molecular formula is C10H15ClN2O2S. The highest BCUT2D eigenvalue weighted by atomic mass is 35.5. The van der Waals surface area contributed by atoms with E-state index in [0.29, 0.717) is 11.6 Å². The van der Waals surface area contributed by atoms with Gasteiger partial charge in [0.2, 0.25) is 0 Å². The quantitative estimate of drug-likeness (QED) is 0.868. The van der Waals surface area contributed by atoms with E-state index >= 15 is 0 Å². The fraction of sp³-hybridized carbons (Fsp3) is 0.500. The van der Waals surface area contributed by atoms with Crippen LogP contribution in [-0.4, -0.2) is 31.5 Å². The van der Waals surface area contributed by atoms with Gasteiger partial charge in [-0.2, -0.15) is 0 Å². The molecule has 0 bridgehead atoms. The smallest absolute Gasteiger partial charge is 0.148 e. The van der Waals surface area contributed by atoms with Crippen molar-refractivity contribution in [2.45, 2.75) is 19.5 Å². The summed E-state index contributed by atoms with van der Waals surface area (Å²) in [5, 5.41) is 3.68. The maximum Gasteiger partial charge on any atom is 0.148 e. The summed E-state index contributed by atoms with van der Waals surface area (Å²) in [5.74, 6) is 0.126. The fourth-order valence-electron chi connectivity index (χ4n) is 1.30. The number of nitrogens with zero attached hydrogens (tertiary/aromatic N) is 1. The number of sulfone groups is 1. The molecule has 1 heterocycles. The summed E-state index contributed by atoms with van der Waals surface area (Å²) < 4.78 is 22.0. The van der Waals surface area contributed by atoms with E-state index in [9.17, 15) is 8.42 Å². The summed E-state index contributed by atoms with van der Waals surface area (Å²) in [5.41, 5.74) is 0.838. The third-order valence-electron chi connectivity index (χ3n) is 1.97. The van der Waals surface area contributed by atoms with Gasteiger partial charge in [-0.05, 0) is 19.1 Å². The molecular weight excluding hydrogens is 248 g/mol. The molecule has 0 radical (unpaired) electrons. The first-order valence-corrected chi connectivity index (χ1v) is 7.32. The monoisotopic (exact) mass is 262 g/mol. The summed E-state index contributed by atoms with van der Waals surface area (Å²) in [4.78, 5) is 4.10. The number of nitrogens with one attached hydrogen (secondary N) is 1. The van der Waals surface area contributed by atoms with Crippen molar-refractivity contribution < 1.29 is 8.42 Å². The van der Waals surface area contributed by atoms with E-state index in [2.05, 4.69) is 10.3 Å². The standard InChI is InChI=1S/C10H15ClN2O2S/c1-8(7-16(2,14)15)12-6-10-4-3-9(11)5-13-10/h3-5,8,12H,6-7H2,1-2H3. The van der Waals surface area contributed by atoms with Gasteiger partial charge in [0.15, 0.2) is 0 Å². The van der Waals surface area contributed by atoms with Gasteiger partial charge in [-0.25, -0.2) is 8.42 Å². The van der Waals surface area contributed by atoms with E-state index < -0.39 is 9.84 Å². The average molecular weight is 263 g/mol. The molecule has 0 aliphatic heterocycles. The minimum absolute atomic E-state index is 0.0903. The second-order valence-electron chi connectivity index (χ2n) is 3.84. The number of pyridine rings is 1. The summed E-state index contributed by atoms with van der Waals surface area (Å²) in [6.07, 6.45) is 2.80. The first-order valence-electron chi connectivity index (χ1n) is 4.88. The molecule has 6 heteroatoms. The molecule has 16 heavy (non-hydrogen) atoms. The van der Waals surface area contributed by atoms with Gasteiger partial charge in [0, 0.05) is 25.0 Å². The number of halogens is 1. The van der Waals surface area contributed by atoms with E-state index in [4.69, 9.17) is 11.6 Å². The van der Waals surface area contributed by atoms with Gasteiger partial charge >= 0.3 is 0 Å². The zero-order chi connectivity index (χ0) is 12.2. The van der Waals surface area contributed by atoms with Crippen molar-refractivity contribution in [3.63, 3.8) is 0 Å². The Kier molecular flexibility index (Phi) is 4.70. The Morgan fingerprint density at radius 1 is 1.50 bits per heavy atom. The van der Waals surface area contributed by atoms with Crippen LogP contribution in [0.4, 0.5) is 0 Å². The Labute approximate surface area is 101 Å². The zero-order valence-electron chi connectivity index (χ0n) is 9.27. The molecule has 0 aliphatic rings. The lowest BCUT2D eigenvalue weighted by molar-refractivity contribution is 0.556. The van der Waals surface area contributed by atoms with Crippen LogP contribution in [0, 0.1) is 0 Å². The molecule has 1 atom stereocenters. The molecule has 4 nitrogen and oxygen atoms in total. The van der Waals surface area contributed by atoms with Crippen molar-refractivity contribution in [3.8, 4) is 0 Å². The van der Waals surface area contributed by atoms with Crippen LogP contribution in [0.2, 0.25) is 5.02 Å². The molecule has 0 fully saturated rings. The molecule has 1 N–H and O–H groups in total. The van der Waals surface area contributed by atoms with Crippen LogP contribution in [0.15, 0.2) is 18.3 Å². The van der Waals surface area contributed by atoms with Crippen molar-refractivity contribution in [1.82, 2.24) is 10.3 Å². The average Bonchev–Trinajstić information content (AvgIpc) is 2.14. The lowest BCUT2D eigenvalue weighted by Gasteiger charge is -2.11. The van der Waals surface area contributed by atoms with Gasteiger partial charge in [0.25, 0.3) is 0 Å². The van der Waals surface area contributed by atoms with Crippen LogP contribution in [0.3, 0.4) is 0 Å². The van der Waals surface area contributed by atoms with E-state index in [1.165, 1.54) is 6.26 Å². The van der Waals surface area contributed by atoms with Gasteiger partial charge in [-0.1, -0.05) is 11.6 Å². The first kappa shape index (κ1) is 13.4. The van der Waals surface area contributed by atoms with Crippen molar-refractivity contribution in [2.24, 2.45) is 0 Å². The fourth-order valence-corrected chi connectivity index (χ4v) is 2.44. The van der Waals surface area contributed by atoms with Crippen molar-refractivity contribution in [1.29, 1.82) is 0 Å². The molecule has 0 aromatic carbocycles. The van der Waals surface area contributed by atoms with Crippen LogP contribution in [-0.2, 0) is 16.4 Å². The maximum atomic E-state index is 11.0. The molecule has 1 aromatic heterocycles. The van der Waals surface area contributed by atoms with Crippen LogP contribution in [0.1, 0.15) is 12.6 Å². The molecule has 0 amide bonds. The summed E-state index contributed by atoms with van der Waals surface area (Å²) >= 11 is 5.70.